The maximum absolute atomic E-state index is 13.7. The monoisotopic (exact) mass is 386 g/mol. The number of rotatable bonds is 7. The third-order valence-corrected chi connectivity index (χ3v) is 5.20. The summed E-state index contributed by atoms with van der Waals surface area (Å²) in [6.07, 6.45) is 1.35. The number of thiazole rings is 1. The van der Waals surface area contributed by atoms with Crippen molar-refractivity contribution in [3.8, 4) is 0 Å². The Hall–Kier alpha value is -2.60. The third kappa shape index (κ3) is 5.44. The zero-order valence-corrected chi connectivity index (χ0v) is 15.7. The second-order valence-electron chi connectivity index (χ2n) is 6.27. The summed E-state index contributed by atoms with van der Waals surface area (Å²) in [5.41, 5.74) is 2.09. The standard InChI is InChI=1S/C21H20F2N2OS/c1-2-21-24-18(13-27-21)12-20(26)25-19(15-6-4-8-17(23)11-15)10-14-5-3-7-16(22)9-14/h3-9,11,13,19H,2,10,12H2,1H3,(H,25,26). The molecule has 0 spiro atoms. The molecule has 6 heteroatoms. The van der Waals surface area contributed by atoms with Gasteiger partial charge in [-0.3, -0.25) is 4.79 Å². The Kier molecular flexibility index (Phi) is 6.29. The van der Waals surface area contributed by atoms with Gasteiger partial charge in [-0.1, -0.05) is 31.2 Å². The van der Waals surface area contributed by atoms with Crippen molar-refractivity contribution in [1.82, 2.24) is 10.3 Å². The van der Waals surface area contributed by atoms with Gasteiger partial charge >= 0.3 is 0 Å². The lowest BCUT2D eigenvalue weighted by atomic mass is 9.98. The molecule has 1 unspecified atom stereocenters. The first-order valence-electron chi connectivity index (χ1n) is 8.76. The Labute approximate surface area is 161 Å². The van der Waals surface area contributed by atoms with E-state index in [-0.39, 0.29) is 24.0 Å². The molecule has 0 aliphatic heterocycles. The molecule has 1 atom stereocenters. The maximum Gasteiger partial charge on any atom is 0.226 e. The van der Waals surface area contributed by atoms with E-state index >= 15 is 0 Å². The number of carbonyl (C=O) groups excluding carboxylic acids is 1. The largest absolute Gasteiger partial charge is 0.349 e. The Balaban J connectivity index is 1.77. The molecule has 0 aliphatic rings. The fraction of sp³-hybridized carbons (Fsp3) is 0.238. The molecule has 1 heterocycles. The van der Waals surface area contributed by atoms with Gasteiger partial charge in [-0.25, -0.2) is 13.8 Å². The van der Waals surface area contributed by atoms with E-state index in [9.17, 15) is 13.6 Å². The summed E-state index contributed by atoms with van der Waals surface area (Å²) in [5, 5.41) is 5.80. The minimum atomic E-state index is -0.459. The smallest absolute Gasteiger partial charge is 0.226 e. The molecular formula is C21H20F2N2OS. The first kappa shape index (κ1) is 19.2. The van der Waals surface area contributed by atoms with E-state index in [0.29, 0.717) is 12.0 Å². The molecule has 0 fully saturated rings. The Bertz CT molecular complexity index is 926. The summed E-state index contributed by atoms with van der Waals surface area (Å²) in [7, 11) is 0. The van der Waals surface area contributed by atoms with Crippen LogP contribution in [0.3, 0.4) is 0 Å². The molecule has 1 amide bonds. The lowest BCUT2D eigenvalue weighted by Crippen LogP contribution is -2.31. The van der Waals surface area contributed by atoms with Crippen LogP contribution in [0.2, 0.25) is 0 Å². The van der Waals surface area contributed by atoms with Crippen molar-refractivity contribution in [2.75, 3.05) is 0 Å². The van der Waals surface area contributed by atoms with Crippen LogP contribution in [-0.2, 0) is 24.1 Å². The average molecular weight is 386 g/mol. The number of halogens is 2. The number of carbonyl (C=O) groups is 1. The van der Waals surface area contributed by atoms with Crippen molar-refractivity contribution < 1.29 is 13.6 Å². The van der Waals surface area contributed by atoms with E-state index in [4.69, 9.17) is 0 Å². The van der Waals surface area contributed by atoms with Crippen LogP contribution < -0.4 is 5.32 Å². The van der Waals surface area contributed by atoms with E-state index in [1.54, 1.807) is 24.3 Å². The van der Waals surface area contributed by atoms with Crippen LogP contribution in [0.15, 0.2) is 53.9 Å². The number of benzene rings is 2. The Morgan fingerprint density at radius 1 is 1.15 bits per heavy atom. The molecular weight excluding hydrogens is 366 g/mol. The fourth-order valence-electron chi connectivity index (χ4n) is 2.88. The van der Waals surface area contributed by atoms with Gasteiger partial charge in [0.05, 0.1) is 23.2 Å². The Morgan fingerprint density at radius 2 is 1.89 bits per heavy atom. The minimum Gasteiger partial charge on any atom is -0.349 e. The summed E-state index contributed by atoms with van der Waals surface area (Å²) in [5.74, 6) is -0.918. The van der Waals surface area contributed by atoms with Gasteiger partial charge in [-0.15, -0.1) is 11.3 Å². The molecule has 1 N–H and O–H groups in total. The van der Waals surface area contributed by atoms with Crippen LogP contribution in [0.1, 0.15) is 34.8 Å². The highest BCUT2D eigenvalue weighted by Crippen LogP contribution is 2.21. The van der Waals surface area contributed by atoms with Crippen LogP contribution in [0, 0.1) is 11.6 Å². The summed E-state index contributed by atoms with van der Waals surface area (Å²) >= 11 is 1.53. The van der Waals surface area contributed by atoms with Crippen molar-refractivity contribution in [2.24, 2.45) is 0 Å². The highest BCUT2D eigenvalue weighted by molar-refractivity contribution is 7.09. The van der Waals surface area contributed by atoms with Crippen molar-refractivity contribution in [2.45, 2.75) is 32.2 Å². The van der Waals surface area contributed by atoms with Gasteiger partial charge in [0.25, 0.3) is 0 Å². The van der Waals surface area contributed by atoms with E-state index in [1.807, 2.05) is 12.3 Å². The molecule has 3 aromatic rings. The van der Waals surface area contributed by atoms with Crippen molar-refractivity contribution in [3.63, 3.8) is 0 Å². The highest BCUT2D eigenvalue weighted by Gasteiger charge is 2.17. The molecule has 0 aliphatic carbocycles. The SMILES string of the molecule is CCc1nc(CC(=O)NC(Cc2cccc(F)c2)c2cccc(F)c2)cs1. The summed E-state index contributed by atoms with van der Waals surface area (Å²) in [6.45, 7) is 2.02. The zero-order chi connectivity index (χ0) is 19.2. The molecule has 3 nitrogen and oxygen atoms in total. The minimum absolute atomic E-state index is 0.158. The van der Waals surface area contributed by atoms with Crippen LogP contribution in [-0.4, -0.2) is 10.9 Å². The predicted molar refractivity (Wildman–Crippen MR) is 103 cm³/mol. The summed E-state index contributed by atoms with van der Waals surface area (Å²) < 4.78 is 27.2. The molecule has 3 rings (SSSR count). The van der Waals surface area contributed by atoms with E-state index < -0.39 is 6.04 Å². The molecule has 2 aromatic carbocycles. The van der Waals surface area contributed by atoms with Gasteiger partial charge in [-0.05, 0) is 48.2 Å². The lowest BCUT2D eigenvalue weighted by Gasteiger charge is -2.19. The second kappa shape index (κ2) is 8.86. The maximum atomic E-state index is 13.7. The fourth-order valence-corrected chi connectivity index (χ4v) is 3.62. The van der Waals surface area contributed by atoms with Crippen molar-refractivity contribution in [1.29, 1.82) is 0 Å². The van der Waals surface area contributed by atoms with Gasteiger partial charge in [0, 0.05) is 5.38 Å². The predicted octanol–water partition coefficient (Wildman–Crippen LogP) is 4.63. The number of nitrogens with one attached hydrogen (secondary N) is 1. The molecule has 140 valence electrons. The van der Waals surface area contributed by atoms with E-state index in [2.05, 4.69) is 10.3 Å². The number of aromatic nitrogens is 1. The zero-order valence-electron chi connectivity index (χ0n) is 14.9. The van der Waals surface area contributed by atoms with E-state index in [1.165, 1.54) is 35.6 Å². The van der Waals surface area contributed by atoms with Crippen LogP contribution in [0.5, 0.6) is 0 Å². The molecule has 0 radical (unpaired) electrons. The first-order valence-corrected chi connectivity index (χ1v) is 9.64. The molecule has 0 saturated heterocycles. The molecule has 27 heavy (non-hydrogen) atoms. The summed E-state index contributed by atoms with van der Waals surface area (Å²) in [6, 6.07) is 11.8. The van der Waals surface area contributed by atoms with Crippen LogP contribution in [0.25, 0.3) is 0 Å². The molecule has 0 saturated carbocycles. The Morgan fingerprint density at radius 3 is 2.56 bits per heavy atom. The number of amides is 1. The number of hydrogen-bond acceptors (Lipinski definition) is 3. The van der Waals surface area contributed by atoms with Gasteiger partial charge in [0.15, 0.2) is 0 Å². The third-order valence-electron chi connectivity index (χ3n) is 4.16. The van der Waals surface area contributed by atoms with Crippen LogP contribution in [0.4, 0.5) is 8.78 Å². The number of hydrogen-bond donors (Lipinski definition) is 1. The second-order valence-corrected chi connectivity index (χ2v) is 7.21. The summed E-state index contributed by atoms with van der Waals surface area (Å²) in [4.78, 5) is 16.9. The number of aryl methyl sites for hydroxylation is 1. The lowest BCUT2D eigenvalue weighted by molar-refractivity contribution is -0.121. The van der Waals surface area contributed by atoms with Crippen molar-refractivity contribution in [3.05, 3.63) is 87.4 Å². The van der Waals surface area contributed by atoms with Gasteiger partial charge < -0.3 is 5.32 Å². The average Bonchev–Trinajstić information content (AvgIpc) is 3.08. The topological polar surface area (TPSA) is 42.0 Å². The molecule has 1 aromatic heterocycles. The normalized spacial score (nSPS) is 12.0. The van der Waals surface area contributed by atoms with Gasteiger partial charge in [0.2, 0.25) is 5.91 Å². The van der Waals surface area contributed by atoms with E-state index in [0.717, 1.165) is 22.7 Å². The first-order chi connectivity index (χ1) is 13.0. The van der Waals surface area contributed by atoms with Gasteiger partial charge in [0.1, 0.15) is 11.6 Å². The van der Waals surface area contributed by atoms with Gasteiger partial charge in [-0.2, -0.15) is 0 Å². The number of nitrogens with zero attached hydrogens (tertiary/aromatic N) is 1. The van der Waals surface area contributed by atoms with Crippen LogP contribution >= 0.6 is 11.3 Å². The highest BCUT2D eigenvalue weighted by atomic mass is 32.1. The molecule has 0 bridgehead atoms. The quantitative estimate of drug-likeness (QED) is 0.643. The van der Waals surface area contributed by atoms with Crippen molar-refractivity contribution >= 4 is 17.2 Å².